The molecule has 1 spiro atoms. The Bertz CT molecular complexity index is 1280. The van der Waals surface area contributed by atoms with Gasteiger partial charge in [-0.3, -0.25) is 19.3 Å². The first-order valence-electron chi connectivity index (χ1n) is 12.3. The number of rotatable bonds is 5. The van der Waals surface area contributed by atoms with Gasteiger partial charge in [0.1, 0.15) is 17.5 Å². The lowest BCUT2D eigenvalue weighted by Gasteiger charge is -2.44. The molecule has 1 unspecified atom stereocenters. The smallest absolute Gasteiger partial charge is 0.257 e. The number of piperidine rings is 1. The first-order chi connectivity index (χ1) is 17.9. The van der Waals surface area contributed by atoms with Crippen LogP contribution in [-0.2, 0) is 16.1 Å². The highest BCUT2D eigenvalue weighted by atomic mass is 35.5. The van der Waals surface area contributed by atoms with Crippen LogP contribution >= 0.6 is 11.6 Å². The van der Waals surface area contributed by atoms with Crippen molar-refractivity contribution >= 4 is 29.3 Å². The molecule has 1 atom stereocenters. The lowest BCUT2D eigenvalue weighted by atomic mass is 9.95. The predicted molar refractivity (Wildman–Crippen MR) is 137 cm³/mol. The van der Waals surface area contributed by atoms with Crippen LogP contribution in [0.4, 0.5) is 0 Å². The first-order valence-corrected chi connectivity index (χ1v) is 12.6. The van der Waals surface area contributed by atoms with Crippen LogP contribution in [0.2, 0.25) is 5.02 Å². The summed E-state index contributed by atoms with van der Waals surface area (Å²) >= 11 is 5.97. The summed E-state index contributed by atoms with van der Waals surface area (Å²) in [6.45, 7) is 2.94. The van der Waals surface area contributed by atoms with Crippen LogP contribution in [0.5, 0.6) is 0 Å². The van der Waals surface area contributed by atoms with Crippen LogP contribution in [0.1, 0.15) is 44.9 Å². The number of nitrogens with one attached hydrogen (secondary N) is 1. The van der Waals surface area contributed by atoms with Gasteiger partial charge in [-0.1, -0.05) is 29.8 Å². The summed E-state index contributed by atoms with van der Waals surface area (Å²) in [6, 6.07) is 16.8. The summed E-state index contributed by atoms with van der Waals surface area (Å²) in [5, 5.41) is 3.44. The number of halogens is 1. The fourth-order valence-corrected chi connectivity index (χ4v) is 5.17. The van der Waals surface area contributed by atoms with E-state index in [0.29, 0.717) is 47.8 Å². The molecule has 8 nitrogen and oxygen atoms in total. The van der Waals surface area contributed by atoms with Crippen LogP contribution in [0.25, 0.3) is 0 Å². The molecule has 3 aromatic rings. The van der Waals surface area contributed by atoms with Crippen LogP contribution < -0.4 is 5.32 Å². The van der Waals surface area contributed by atoms with E-state index in [1.165, 1.54) is 0 Å². The summed E-state index contributed by atoms with van der Waals surface area (Å²) in [7, 11) is 0. The van der Waals surface area contributed by atoms with E-state index in [1.54, 1.807) is 58.5 Å². The van der Waals surface area contributed by atoms with Gasteiger partial charge in [-0.2, -0.15) is 0 Å². The Hall–Kier alpha value is -3.62. The average Bonchev–Trinajstić information content (AvgIpc) is 3.56. The molecule has 1 N–H and O–H groups in total. The Labute approximate surface area is 220 Å². The minimum Gasteiger partial charge on any atom is -0.467 e. The number of aryl methyl sites for hydroxylation is 1. The van der Waals surface area contributed by atoms with E-state index in [-0.39, 0.29) is 30.9 Å². The Kier molecular flexibility index (Phi) is 7.04. The quantitative estimate of drug-likeness (QED) is 0.547. The molecule has 1 aromatic heterocycles. The number of amides is 3. The molecule has 3 heterocycles. The van der Waals surface area contributed by atoms with Crippen LogP contribution in [-0.4, -0.2) is 59.0 Å². The molecule has 37 heavy (non-hydrogen) atoms. The molecule has 0 bridgehead atoms. The maximum atomic E-state index is 13.9. The highest BCUT2D eigenvalue weighted by Crippen LogP contribution is 2.39. The maximum absolute atomic E-state index is 13.9. The average molecular weight is 522 g/mol. The second-order valence-corrected chi connectivity index (χ2v) is 9.80. The van der Waals surface area contributed by atoms with Gasteiger partial charge < -0.3 is 19.4 Å². The molecule has 9 heteroatoms. The molecule has 192 valence electrons. The molecule has 2 aromatic carbocycles. The van der Waals surface area contributed by atoms with Crippen LogP contribution in [0.3, 0.4) is 0 Å². The number of carbonyl (C=O) groups excluding carboxylic acids is 3. The van der Waals surface area contributed by atoms with E-state index in [0.717, 1.165) is 5.56 Å². The zero-order valence-corrected chi connectivity index (χ0v) is 21.2. The second-order valence-electron chi connectivity index (χ2n) is 9.36. The fraction of sp³-hybridized carbons (Fsp3) is 0.321. The van der Waals surface area contributed by atoms with E-state index < -0.39 is 11.8 Å². The molecule has 0 radical (unpaired) electrons. The van der Waals surface area contributed by atoms with Crippen molar-refractivity contribution in [1.29, 1.82) is 0 Å². The molecule has 5 rings (SSSR count). The van der Waals surface area contributed by atoms with E-state index in [4.69, 9.17) is 20.8 Å². The summed E-state index contributed by atoms with van der Waals surface area (Å²) < 4.78 is 11.6. The molecular weight excluding hydrogens is 494 g/mol. The number of carbonyl (C=O) groups is 3. The van der Waals surface area contributed by atoms with Gasteiger partial charge in [-0.15, -0.1) is 0 Å². The minimum atomic E-state index is -0.983. The van der Waals surface area contributed by atoms with Gasteiger partial charge in [0, 0.05) is 42.1 Å². The third-order valence-corrected chi connectivity index (χ3v) is 7.35. The normalized spacial score (nSPS) is 18.7. The van der Waals surface area contributed by atoms with E-state index in [9.17, 15) is 14.4 Å². The van der Waals surface area contributed by atoms with Crippen molar-refractivity contribution in [2.45, 2.75) is 38.1 Å². The summed E-state index contributed by atoms with van der Waals surface area (Å²) in [5.74, 6) is -0.0529. The molecule has 2 saturated heterocycles. The van der Waals surface area contributed by atoms with E-state index in [1.807, 2.05) is 25.1 Å². The zero-order valence-electron chi connectivity index (χ0n) is 20.5. The van der Waals surface area contributed by atoms with Gasteiger partial charge in [-0.25, -0.2) is 0 Å². The zero-order chi connectivity index (χ0) is 26.0. The van der Waals surface area contributed by atoms with Crippen molar-refractivity contribution in [1.82, 2.24) is 15.1 Å². The van der Waals surface area contributed by atoms with Crippen molar-refractivity contribution in [2.24, 2.45) is 0 Å². The van der Waals surface area contributed by atoms with Gasteiger partial charge in [0.25, 0.3) is 11.8 Å². The molecule has 0 aliphatic carbocycles. The third kappa shape index (κ3) is 4.99. The third-order valence-electron chi connectivity index (χ3n) is 7.10. The molecule has 2 aliphatic rings. The Morgan fingerprint density at radius 1 is 1.00 bits per heavy atom. The van der Waals surface area contributed by atoms with Gasteiger partial charge >= 0.3 is 0 Å². The molecule has 3 amide bonds. The monoisotopic (exact) mass is 521 g/mol. The van der Waals surface area contributed by atoms with Crippen molar-refractivity contribution in [3.63, 3.8) is 0 Å². The van der Waals surface area contributed by atoms with Crippen molar-refractivity contribution in [3.8, 4) is 0 Å². The number of ether oxygens (including phenoxy) is 1. The summed E-state index contributed by atoms with van der Waals surface area (Å²) in [6.07, 6.45) is 2.33. The number of nitrogens with zero attached hydrogens (tertiary/aromatic N) is 2. The number of hydrogen-bond donors (Lipinski definition) is 1. The highest BCUT2D eigenvalue weighted by molar-refractivity contribution is 6.30. The largest absolute Gasteiger partial charge is 0.467 e. The number of furan rings is 1. The molecule has 2 aliphatic heterocycles. The topological polar surface area (TPSA) is 92.1 Å². The fourth-order valence-electron chi connectivity index (χ4n) is 5.05. The molecule has 0 saturated carbocycles. The summed E-state index contributed by atoms with van der Waals surface area (Å²) in [4.78, 5) is 43.6. The van der Waals surface area contributed by atoms with Crippen molar-refractivity contribution in [3.05, 3.63) is 94.4 Å². The van der Waals surface area contributed by atoms with Crippen molar-refractivity contribution < 1.29 is 23.5 Å². The maximum Gasteiger partial charge on any atom is 0.257 e. The van der Waals surface area contributed by atoms with Gasteiger partial charge in [0.2, 0.25) is 5.91 Å². The Balaban J connectivity index is 1.37. The van der Waals surface area contributed by atoms with Gasteiger partial charge in [-0.05, 0) is 55.0 Å². The van der Waals surface area contributed by atoms with Gasteiger partial charge in [0.15, 0.2) is 0 Å². The second kappa shape index (κ2) is 10.4. The SMILES string of the molecule is Cc1ccccc1C(=O)N1C(C(=O)NCc2ccco2)COC12CCN(C(=O)c1ccc(Cl)cc1)CC2. The van der Waals surface area contributed by atoms with Gasteiger partial charge in [0.05, 0.1) is 19.4 Å². The van der Waals surface area contributed by atoms with E-state index in [2.05, 4.69) is 5.32 Å². The molecule has 2 fully saturated rings. The first kappa shape index (κ1) is 25.0. The summed E-state index contributed by atoms with van der Waals surface area (Å²) in [5.41, 5.74) is 0.911. The predicted octanol–water partition coefficient (Wildman–Crippen LogP) is 4.03. The number of benzene rings is 2. The van der Waals surface area contributed by atoms with Crippen LogP contribution in [0.15, 0.2) is 71.3 Å². The Morgan fingerprint density at radius 2 is 1.73 bits per heavy atom. The standard InChI is InChI=1S/C28H28ClN3O5/c1-19-5-2-3-7-23(19)27(35)32-24(25(33)30-17-22-6-4-16-36-22)18-37-28(32)12-14-31(15-13-28)26(34)20-8-10-21(29)11-9-20/h2-11,16,24H,12-15,17-18H2,1H3,(H,30,33). The Morgan fingerprint density at radius 3 is 2.41 bits per heavy atom. The lowest BCUT2D eigenvalue weighted by Crippen LogP contribution is -2.59. The molecular formula is C28H28ClN3O5. The highest BCUT2D eigenvalue weighted by Gasteiger charge is 2.54. The lowest BCUT2D eigenvalue weighted by molar-refractivity contribution is -0.128. The number of hydrogen-bond acceptors (Lipinski definition) is 5. The van der Waals surface area contributed by atoms with Crippen molar-refractivity contribution in [2.75, 3.05) is 19.7 Å². The van der Waals surface area contributed by atoms with E-state index >= 15 is 0 Å². The minimum absolute atomic E-state index is 0.0761. The number of likely N-dealkylation sites (tertiary alicyclic amines) is 1. The van der Waals surface area contributed by atoms with Crippen LogP contribution in [0, 0.1) is 6.92 Å².